The van der Waals surface area contributed by atoms with Crippen LogP contribution in [0.4, 0.5) is 0 Å². The lowest BCUT2D eigenvalue weighted by Gasteiger charge is -2.38. The first-order chi connectivity index (χ1) is 6.79. The molecule has 2 aliphatic heterocycles. The molecule has 82 valence electrons. The first-order valence-electron chi connectivity index (χ1n) is 5.33. The molecule has 2 fully saturated rings. The number of alkyl halides is 1. The maximum atomic E-state index is 5.83. The number of halogens is 1. The quantitative estimate of drug-likeness (QED) is 0.650. The first-order valence-corrected chi connectivity index (χ1v) is 5.86. The maximum absolute atomic E-state index is 5.83. The van der Waals surface area contributed by atoms with Gasteiger partial charge in [0.15, 0.2) is 0 Å². The van der Waals surface area contributed by atoms with E-state index >= 15 is 0 Å². The molecular weight excluding hydrogens is 202 g/mol. The fourth-order valence-electron chi connectivity index (χ4n) is 2.27. The average molecular weight is 220 g/mol. The van der Waals surface area contributed by atoms with Gasteiger partial charge in [-0.1, -0.05) is 0 Å². The minimum atomic E-state index is 0.195. The van der Waals surface area contributed by atoms with Gasteiger partial charge >= 0.3 is 0 Å². The highest BCUT2D eigenvalue weighted by molar-refractivity contribution is 6.18. The van der Waals surface area contributed by atoms with Gasteiger partial charge in [-0.2, -0.15) is 0 Å². The summed E-state index contributed by atoms with van der Waals surface area (Å²) < 4.78 is 11.1. The van der Waals surface area contributed by atoms with Gasteiger partial charge in [-0.15, -0.1) is 11.6 Å². The SMILES string of the molecule is CC1CN(C2CCOC2)CC(CCl)O1. The van der Waals surface area contributed by atoms with Gasteiger partial charge in [0, 0.05) is 31.6 Å². The molecule has 0 N–H and O–H groups in total. The average Bonchev–Trinajstić information content (AvgIpc) is 2.69. The molecule has 0 bridgehead atoms. The first kappa shape index (κ1) is 10.7. The van der Waals surface area contributed by atoms with Crippen molar-refractivity contribution in [3.8, 4) is 0 Å². The van der Waals surface area contributed by atoms with Crippen molar-refractivity contribution in [2.75, 3.05) is 32.2 Å². The van der Waals surface area contributed by atoms with E-state index in [0.29, 0.717) is 18.0 Å². The number of hydrogen-bond donors (Lipinski definition) is 0. The van der Waals surface area contributed by atoms with E-state index in [-0.39, 0.29) is 6.10 Å². The Morgan fingerprint density at radius 2 is 2.29 bits per heavy atom. The molecule has 3 nitrogen and oxygen atoms in total. The summed E-state index contributed by atoms with van der Waals surface area (Å²) >= 11 is 5.83. The van der Waals surface area contributed by atoms with Gasteiger partial charge in [-0.25, -0.2) is 0 Å². The summed E-state index contributed by atoms with van der Waals surface area (Å²) in [6.45, 7) is 5.87. The van der Waals surface area contributed by atoms with Crippen molar-refractivity contribution in [3.05, 3.63) is 0 Å². The van der Waals surface area contributed by atoms with E-state index in [4.69, 9.17) is 21.1 Å². The second kappa shape index (κ2) is 4.79. The zero-order chi connectivity index (χ0) is 9.97. The van der Waals surface area contributed by atoms with Gasteiger partial charge in [-0.3, -0.25) is 4.90 Å². The van der Waals surface area contributed by atoms with E-state index in [1.165, 1.54) is 0 Å². The van der Waals surface area contributed by atoms with Gasteiger partial charge in [-0.05, 0) is 13.3 Å². The maximum Gasteiger partial charge on any atom is 0.0841 e. The van der Waals surface area contributed by atoms with Crippen LogP contribution in [0.5, 0.6) is 0 Å². The Morgan fingerprint density at radius 1 is 1.43 bits per heavy atom. The molecule has 0 radical (unpaired) electrons. The highest BCUT2D eigenvalue weighted by Gasteiger charge is 2.31. The minimum Gasteiger partial charge on any atom is -0.380 e. The normalized spacial score (nSPS) is 40.3. The Morgan fingerprint density at radius 3 is 2.93 bits per heavy atom. The van der Waals surface area contributed by atoms with Crippen LogP contribution in [0, 0.1) is 0 Å². The largest absolute Gasteiger partial charge is 0.380 e. The van der Waals surface area contributed by atoms with Crippen molar-refractivity contribution in [3.63, 3.8) is 0 Å². The molecule has 0 spiro atoms. The van der Waals surface area contributed by atoms with E-state index < -0.39 is 0 Å². The lowest BCUT2D eigenvalue weighted by atomic mass is 10.1. The molecular formula is C10H18ClNO2. The molecule has 14 heavy (non-hydrogen) atoms. The lowest BCUT2D eigenvalue weighted by molar-refractivity contribution is -0.0789. The highest BCUT2D eigenvalue weighted by Crippen LogP contribution is 2.19. The number of morpholine rings is 1. The molecule has 0 aliphatic carbocycles. The van der Waals surface area contributed by atoms with Crippen molar-refractivity contribution in [2.24, 2.45) is 0 Å². The van der Waals surface area contributed by atoms with Crippen LogP contribution in [-0.2, 0) is 9.47 Å². The van der Waals surface area contributed by atoms with Crippen molar-refractivity contribution in [1.29, 1.82) is 0 Å². The number of ether oxygens (including phenoxy) is 2. The van der Waals surface area contributed by atoms with Gasteiger partial charge in [0.1, 0.15) is 0 Å². The summed E-state index contributed by atoms with van der Waals surface area (Å²) in [4.78, 5) is 2.47. The van der Waals surface area contributed by atoms with E-state index in [2.05, 4.69) is 11.8 Å². The number of hydrogen-bond acceptors (Lipinski definition) is 3. The van der Waals surface area contributed by atoms with Crippen LogP contribution in [0.3, 0.4) is 0 Å². The summed E-state index contributed by atoms with van der Waals surface area (Å²) in [5, 5.41) is 0. The molecule has 2 heterocycles. The van der Waals surface area contributed by atoms with E-state index in [1.54, 1.807) is 0 Å². The van der Waals surface area contributed by atoms with E-state index in [1.807, 2.05) is 0 Å². The molecule has 0 aromatic carbocycles. The number of nitrogens with zero attached hydrogens (tertiary/aromatic N) is 1. The lowest BCUT2D eigenvalue weighted by Crippen LogP contribution is -2.51. The van der Waals surface area contributed by atoms with Gasteiger partial charge in [0.05, 0.1) is 18.8 Å². The Hall–Kier alpha value is 0.170. The molecule has 0 aromatic rings. The second-order valence-electron chi connectivity index (χ2n) is 4.19. The molecule has 0 saturated carbocycles. The summed E-state index contributed by atoms with van der Waals surface area (Å²) in [6, 6.07) is 0.590. The summed E-state index contributed by atoms with van der Waals surface area (Å²) in [6.07, 6.45) is 1.65. The summed E-state index contributed by atoms with van der Waals surface area (Å²) in [5.74, 6) is 0.592. The fraction of sp³-hybridized carbons (Fsp3) is 1.00. The van der Waals surface area contributed by atoms with Crippen LogP contribution >= 0.6 is 11.6 Å². The van der Waals surface area contributed by atoms with Crippen LogP contribution < -0.4 is 0 Å². The van der Waals surface area contributed by atoms with Crippen LogP contribution in [0.2, 0.25) is 0 Å². The molecule has 2 aliphatic rings. The molecule has 2 rings (SSSR count). The Bertz CT molecular complexity index is 185. The zero-order valence-electron chi connectivity index (χ0n) is 8.62. The third-order valence-corrected chi connectivity index (χ3v) is 3.29. The van der Waals surface area contributed by atoms with Crippen LogP contribution in [-0.4, -0.2) is 55.3 Å². The standard InChI is InChI=1S/C10H18ClNO2/c1-8-5-12(6-10(4-11)14-8)9-2-3-13-7-9/h8-10H,2-7H2,1H3. The van der Waals surface area contributed by atoms with Crippen LogP contribution in [0.15, 0.2) is 0 Å². The third-order valence-electron chi connectivity index (χ3n) is 2.95. The Labute approximate surface area is 90.3 Å². The predicted molar refractivity (Wildman–Crippen MR) is 55.9 cm³/mol. The molecule has 0 aromatic heterocycles. The molecule has 4 heteroatoms. The van der Waals surface area contributed by atoms with Gasteiger partial charge in [0.25, 0.3) is 0 Å². The van der Waals surface area contributed by atoms with Crippen molar-refractivity contribution in [1.82, 2.24) is 4.90 Å². The second-order valence-corrected chi connectivity index (χ2v) is 4.50. The van der Waals surface area contributed by atoms with Gasteiger partial charge < -0.3 is 9.47 Å². The Balaban J connectivity index is 1.90. The van der Waals surface area contributed by atoms with E-state index in [0.717, 1.165) is 32.7 Å². The molecule has 2 saturated heterocycles. The van der Waals surface area contributed by atoms with Gasteiger partial charge in [0.2, 0.25) is 0 Å². The summed E-state index contributed by atoms with van der Waals surface area (Å²) in [7, 11) is 0. The number of rotatable bonds is 2. The van der Waals surface area contributed by atoms with Crippen molar-refractivity contribution in [2.45, 2.75) is 31.6 Å². The van der Waals surface area contributed by atoms with E-state index in [9.17, 15) is 0 Å². The van der Waals surface area contributed by atoms with Crippen LogP contribution in [0.1, 0.15) is 13.3 Å². The topological polar surface area (TPSA) is 21.7 Å². The highest BCUT2D eigenvalue weighted by atomic mass is 35.5. The Kier molecular flexibility index (Phi) is 3.66. The predicted octanol–water partition coefficient (Wildman–Crippen LogP) is 1.10. The minimum absolute atomic E-state index is 0.195. The smallest absolute Gasteiger partial charge is 0.0841 e. The summed E-state index contributed by atoms with van der Waals surface area (Å²) in [5.41, 5.74) is 0. The fourth-order valence-corrected chi connectivity index (χ4v) is 2.44. The third kappa shape index (κ3) is 2.40. The zero-order valence-corrected chi connectivity index (χ0v) is 9.37. The molecule has 3 atom stereocenters. The monoisotopic (exact) mass is 219 g/mol. The van der Waals surface area contributed by atoms with Crippen molar-refractivity contribution < 1.29 is 9.47 Å². The van der Waals surface area contributed by atoms with Crippen molar-refractivity contribution >= 4 is 11.6 Å². The molecule has 3 unspecified atom stereocenters. The van der Waals surface area contributed by atoms with Crippen LogP contribution in [0.25, 0.3) is 0 Å². The molecule has 0 amide bonds.